The number of β-lactam (4-membered cyclic amide) rings is 1. The van der Waals surface area contributed by atoms with Gasteiger partial charge in [-0.05, 0) is 24.3 Å². The van der Waals surface area contributed by atoms with Crippen molar-refractivity contribution in [1.29, 1.82) is 0 Å². The summed E-state index contributed by atoms with van der Waals surface area (Å²) >= 11 is 14.7. The Hall–Kier alpha value is -2.77. The van der Waals surface area contributed by atoms with Gasteiger partial charge in [-0.1, -0.05) is 23.2 Å². The SMILES string of the molecule is NCCNC(=O)c1ccc[n+](CC2=C(C(=O)O)N3C(=O)[C@H](NC(=O)CSc4cc(Cl)ccc4Cl)[C@H]3SC2)c1. The van der Waals surface area contributed by atoms with Crippen molar-refractivity contribution in [3.05, 3.63) is 69.6 Å². The minimum Gasteiger partial charge on any atom is -0.477 e. The van der Waals surface area contributed by atoms with Crippen LogP contribution in [0.15, 0.2) is 58.9 Å². The maximum absolute atomic E-state index is 12.9. The Labute approximate surface area is 236 Å². The molecule has 3 heterocycles. The second-order valence-electron chi connectivity index (χ2n) is 8.39. The van der Waals surface area contributed by atoms with E-state index in [-0.39, 0.29) is 29.8 Å². The van der Waals surface area contributed by atoms with Gasteiger partial charge in [0, 0.05) is 40.4 Å². The molecule has 2 aliphatic rings. The van der Waals surface area contributed by atoms with Crippen LogP contribution in [0.5, 0.6) is 0 Å². The van der Waals surface area contributed by atoms with Gasteiger partial charge in [0.15, 0.2) is 18.9 Å². The highest BCUT2D eigenvalue weighted by atomic mass is 35.5. The fourth-order valence-corrected chi connectivity index (χ4v) is 6.65. The minimum absolute atomic E-state index is 0.0138. The van der Waals surface area contributed by atoms with Gasteiger partial charge in [0.25, 0.3) is 11.8 Å². The molecule has 0 bridgehead atoms. The average molecular weight is 598 g/mol. The number of carboxylic acids is 1. The number of nitrogens with two attached hydrogens (primary N) is 1. The number of nitrogens with one attached hydrogen (secondary N) is 2. The molecule has 1 aromatic carbocycles. The van der Waals surface area contributed by atoms with E-state index in [9.17, 15) is 24.3 Å². The lowest BCUT2D eigenvalue weighted by atomic mass is 10.0. The highest BCUT2D eigenvalue weighted by molar-refractivity contribution is 8.00. The fourth-order valence-electron chi connectivity index (χ4n) is 4.01. The molecule has 10 nitrogen and oxygen atoms in total. The number of carbonyl (C=O) groups excluding carboxylic acids is 3. The number of pyridine rings is 1. The number of aliphatic carboxylic acids is 1. The van der Waals surface area contributed by atoms with Gasteiger partial charge in [0.05, 0.1) is 10.8 Å². The Morgan fingerprint density at radius 2 is 2.05 bits per heavy atom. The first-order chi connectivity index (χ1) is 18.2. The molecule has 0 saturated carbocycles. The minimum atomic E-state index is -1.23. The topological polar surface area (TPSA) is 146 Å². The number of nitrogens with zero attached hydrogens (tertiary/aromatic N) is 2. The maximum Gasteiger partial charge on any atom is 0.352 e. The number of rotatable bonds is 10. The fraction of sp³-hybridized carbons (Fsp3) is 0.292. The zero-order valence-electron chi connectivity index (χ0n) is 19.9. The predicted molar refractivity (Wildman–Crippen MR) is 145 cm³/mol. The number of carbonyl (C=O) groups is 4. The largest absolute Gasteiger partial charge is 0.477 e. The van der Waals surface area contributed by atoms with Gasteiger partial charge in [-0.25, -0.2) is 9.36 Å². The van der Waals surface area contributed by atoms with E-state index in [1.165, 1.54) is 28.4 Å². The zero-order chi connectivity index (χ0) is 27.4. The summed E-state index contributed by atoms with van der Waals surface area (Å²) in [7, 11) is 0. The number of thioether (sulfide) groups is 2. The summed E-state index contributed by atoms with van der Waals surface area (Å²) in [5.74, 6) is -2.03. The molecule has 1 aromatic heterocycles. The van der Waals surface area contributed by atoms with Crippen molar-refractivity contribution >= 4 is 70.4 Å². The normalized spacial score (nSPS) is 18.5. The predicted octanol–water partition coefficient (Wildman–Crippen LogP) is 1.50. The van der Waals surface area contributed by atoms with Crippen molar-refractivity contribution in [2.75, 3.05) is 24.6 Å². The number of hydrogen-bond acceptors (Lipinski definition) is 7. The van der Waals surface area contributed by atoms with Gasteiger partial charge < -0.3 is 21.5 Å². The molecule has 2 aromatic rings. The van der Waals surface area contributed by atoms with Crippen molar-refractivity contribution in [2.45, 2.75) is 22.9 Å². The first-order valence-electron chi connectivity index (χ1n) is 11.4. The lowest BCUT2D eigenvalue weighted by Crippen LogP contribution is -2.71. The van der Waals surface area contributed by atoms with Crippen LogP contribution in [0.2, 0.25) is 10.0 Å². The summed E-state index contributed by atoms with van der Waals surface area (Å²) in [6.07, 6.45) is 3.33. The summed E-state index contributed by atoms with van der Waals surface area (Å²) in [5, 5.41) is 15.8. The molecule has 0 spiro atoms. The van der Waals surface area contributed by atoms with Crippen LogP contribution >= 0.6 is 46.7 Å². The molecule has 38 heavy (non-hydrogen) atoms. The molecule has 5 N–H and O–H groups in total. The molecule has 0 unspecified atom stereocenters. The van der Waals surface area contributed by atoms with Crippen LogP contribution in [0.25, 0.3) is 0 Å². The zero-order valence-corrected chi connectivity index (χ0v) is 23.0. The molecule has 2 aliphatic heterocycles. The van der Waals surface area contributed by atoms with Gasteiger partial charge >= 0.3 is 5.97 Å². The lowest BCUT2D eigenvalue weighted by molar-refractivity contribution is -0.689. The van der Waals surface area contributed by atoms with E-state index in [1.807, 2.05) is 0 Å². The number of amides is 3. The van der Waals surface area contributed by atoms with E-state index in [0.717, 1.165) is 0 Å². The Bertz CT molecular complexity index is 1320. The Balaban J connectivity index is 1.42. The number of carboxylic acid groups (broad SMARTS) is 1. The molecular weight excluding hydrogens is 573 g/mol. The van der Waals surface area contributed by atoms with Gasteiger partial charge in [-0.3, -0.25) is 19.3 Å². The van der Waals surface area contributed by atoms with Crippen molar-refractivity contribution in [2.24, 2.45) is 5.73 Å². The molecule has 1 fully saturated rings. The highest BCUT2D eigenvalue weighted by Crippen LogP contribution is 2.40. The summed E-state index contributed by atoms with van der Waals surface area (Å²) < 4.78 is 1.69. The number of halogens is 2. The highest BCUT2D eigenvalue weighted by Gasteiger charge is 2.54. The van der Waals surface area contributed by atoms with Crippen LogP contribution in [0.1, 0.15) is 10.4 Å². The van der Waals surface area contributed by atoms with E-state index < -0.39 is 23.3 Å². The molecule has 0 radical (unpaired) electrons. The molecule has 0 aliphatic carbocycles. The van der Waals surface area contributed by atoms with Crippen LogP contribution in [-0.2, 0) is 20.9 Å². The first-order valence-corrected chi connectivity index (χ1v) is 14.2. The second kappa shape index (κ2) is 12.4. The van der Waals surface area contributed by atoms with Crippen LogP contribution in [0, 0.1) is 0 Å². The van der Waals surface area contributed by atoms with E-state index in [0.29, 0.717) is 44.9 Å². The Morgan fingerprint density at radius 3 is 2.79 bits per heavy atom. The third kappa shape index (κ3) is 6.26. The third-order valence-electron chi connectivity index (χ3n) is 5.74. The van der Waals surface area contributed by atoms with Gasteiger partial charge in [0.1, 0.15) is 22.7 Å². The van der Waals surface area contributed by atoms with Gasteiger partial charge in [-0.15, -0.1) is 23.5 Å². The molecule has 200 valence electrons. The smallest absolute Gasteiger partial charge is 0.352 e. The van der Waals surface area contributed by atoms with Crippen molar-refractivity contribution in [3.63, 3.8) is 0 Å². The van der Waals surface area contributed by atoms with Crippen LogP contribution in [-0.4, -0.2) is 69.7 Å². The van der Waals surface area contributed by atoms with E-state index in [1.54, 1.807) is 47.3 Å². The van der Waals surface area contributed by atoms with Gasteiger partial charge in [-0.2, -0.15) is 0 Å². The molecule has 14 heteroatoms. The van der Waals surface area contributed by atoms with E-state index >= 15 is 0 Å². The molecule has 1 saturated heterocycles. The number of hydrogen-bond donors (Lipinski definition) is 4. The van der Waals surface area contributed by atoms with Crippen molar-refractivity contribution in [3.8, 4) is 0 Å². The number of benzene rings is 1. The van der Waals surface area contributed by atoms with E-state index in [4.69, 9.17) is 28.9 Å². The van der Waals surface area contributed by atoms with Crippen molar-refractivity contribution < 1.29 is 28.9 Å². The second-order valence-corrected chi connectivity index (χ2v) is 11.4. The number of aromatic nitrogens is 1. The summed E-state index contributed by atoms with van der Waals surface area (Å²) in [6, 6.07) is 7.44. The maximum atomic E-state index is 12.9. The van der Waals surface area contributed by atoms with E-state index in [2.05, 4.69) is 10.6 Å². The molecular formula is C24H24Cl2N5O5S2+. The van der Waals surface area contributed by atoms with Crippen LogP contribution in [0.4, 0.5) is 0 Å². The van der Waals surface area contributed by atoms with Crippen LogP contribution in [0.3, 0.4) is 0 Å². The Morgan fingerprint density at radius 1 is 1.26 bits per heavy atom. The summed E-state index contributed by atoms with van der Waals surface area (Å²) in [6.45, 7) is 0.825. The number of fused-ring (bicyclic) bond motifs is 1. The summed E-state index contributed by atoms with van der Waals surface area (Å²) in [4.78, 5) is 51.8. The molecule has 4 rings (SSSR count). The average Bonchev–Trinajstić information content (AvgIpc) is 2.90. The monoisotopic (exact) mass is 596 g/mol. The van der Waals surface area contributed by atoms with Crippen molar-refractivity contribution in [1.82, 2.24) is 15.5 Å². The van der Waals surface area contributed by atoms with Crippen LogP contribution < -0.4 is 20.9 Å². The Kier molecular flexibility index (Phi) is 9.21. The molecule has 3 amide bonds. The van der Waals surface area contributed by atoms with Gasteiger partial charge in [0.2, 0.25) is 5.91 Å². The molecule has 2 atom stereocenters. The quantitative estimate of drug-likeness (QED) is 0.183. The lowest BCUT2D eigenvalue weighted by Gasteiger charge is -2.49. The third-order valence-corrected chi connectivity index (χ3v) is 8.81. The first kappa shape index (κ1) is 28.2. The standard InChI is InChI=1S/C24H23Cl2N5O5S2/c25-15-3-4-16(26)17(8-15)37-12-18(32)29-19-22(34)31-20(24(35)36)14(11-38-23(19)31)10-30-7-1-2-13(9-30)21(33)28-6-5-27/h1-4,7-9,19,23H,5-6,10-12,27H2,(H2-,28,29,32,33,35,36)/p+1/t19-,23+/m0/s1. The summed E-state index contributed by atoms with van der Waals surface area (Å²) in [5.41, 5.74) is 6.25.